The first kappa shape index (κ1) is 13.5. The van der Waals surface area contributed by atoms with Crippen molar-refractivity contribution >= 4 is 11.8 Å². The van der Waals surface area contributed by atoms with Crippen molar-refractivity contribution in [2.24, 2.45) is 11.8 Å². The highest BCUT2D eigenvalue weighted by molar-refractivity contribution is 6.05. The van der Waals surface area contributed by atoms with E-state index in [-0.39, 0.29) is 23.7 Å². The first-order chi connectivity index (χ1) is 8.75. The molecule has 2 rings (SSSR count). The van der Waals surface area contributed by atoms with Crippen LogP contribution in [-0.4, -0.2) is 50.1 Å². The molecule has 5 heteroatoms. The number of carbonyl (C=O) groups is 2. The maximum absolute atomic E-state index is 12.1. The van der Waals surface area contributed by atoms with Gasteiger partial charge in [-0.2, -0.15) is 0 Å². The number of nitrogens with zero attached hydrogens (tertiary/aromatic N) is 1. The number of methoxy groups -OCH3 is 1. The Balaban J connectivity index is 1.81. The molecular formula is C13H22N2O3. The third kappa shape index (κ3) is 2.72. The molecule has 1 saturated heterocycles. The number of fused-ring (bicyclic) bond motifs is 1. The first-order valence-corrected chi connectivity index (χ1v) is 6.80. The number of hydrogen-bond acceptors (Lipinski definition) is 4. The van der Waals surface area contributed by atoms with Gasteiger partial charge in [0, 0.05) is 26.7 Å². The number of carbonyl (C=O) groups excluding carboxylic acids is 2. The Kier molecular flexibility index (Phi) is 4.72. The van der Waals surface area contributed by atoms with Gasteiger partial charge in [0.2, 0.25) is 11.8 Å². The highest BCUT2D eigenvalue weighted by atomic mass is 16.5. The lowest BCUT2D eigenvalue weighted by atomic mass is 9.81. The molecule has 1 aliphatic carbocycles. The van der Waals surface area contributed by atoms with E-state index in [0.29, 0.717) is 19.7 Å². The summed E-state index contributed by atoms with van der Waals surface area (Å²) in [6.07, 6.45) is 3.95. The maximum atomic E-state index is 12.1. The molecule has 0 spiro atoms. The van der Waals surface area contributed by atoms with Crippen molar-refractivity contribution in [3.8, 4) is 0 Å². The molecule has 2 atom stereocenters. The lowest BCUT2D eigenvalue weighted by Gasteiger charge is -2.19. The van der Waals surface area contributed by atoms with E-state index in [1.54, 1.807) is 7.11 Å². The Hall–Kier alpha value is -0.940. The fourth-order valence-corrected chi connectivity index (χ4v) is 2.94. The molecule has 1 saturated carbocycles. The van der Waals surface area contributed by atoms with Crippen molar-refractivity contribution in [1.29, 1.82) is 0 Å². The molecule has 0 aromatic carbocycles. The number of hydrogen-bond donors (Lipinski definition) is 1. The molecule has 2 aliphatic rings. The van der Waals surface area contributed by atoms with Gasteiger partial charge in [-0.1, -0.05) is 12.8 Å². The standard InChI is InChI=1S/C13H22N2O3/c1-18-9-7-14-6-8-15-12(16)10-4-2-3-5-11(10)13(15)17/h10-11,14H,2-9H2,1H3. The summed E-state index contributed by atoms with van der Waals surface area (Å²) in [5, 5.41) is 3.16. The van der Waals surface area contributed by atoms with Crippen LogP contribution in [0.2, 0.25) is 0 Å². The van der Waals surface area contributed by atoms with E-state index in [0.717, 1.165) is 32.2 Å². The smallest absolute Gasteiger partial charge is 0.233 e. The largest absolute Gasteiger partial charge is 0.383 e. The summed E-state index contributed by atoms with van der Waals surface area (Å²) >= 11 is 0. The zero-order valence-electron chi connectivity index (χ0n) is 11.0. The zero-order valence-corrected chi connectivity index (χ0v) is 11.0. The van der Waals surface area contributed by atoms with Crippen LogP contribution in [0.3, 0.4) is 0 Å². The van der Waals surface area contributed by atoms with Crippen molar-refractivity contribution < 1.29 is 14.3 Å². The van der Waals surface area contributed by atoms with Crippen molar-refractivity contribution in [1.82, 2.24) is 10.2 Å². The molecular weight excluding hydrogens is 232 g/mol. The molecule has 0 aromatic heterocycles. The second-order valence-electron chi connectivity index (χ2n) is 5.07. The number of nitrogens with one attached hydrogen (secondary N) is 1. The summed E-state index contributed by atoms with van der Waals surface area (Å²) < 4.78 is 4.92. The summed E-state index contributed by atoms with van der Waals surface area (Å²) in [7, 11) is 1.65. The monoisotopic (exact) mass is 254 g/mol. The molecule has 1 heterocycles. The quantitative estimate of drug-likeness (QED) is 0.550. The second-order valence-corrected chi connectivity index (χ2v) is 5.07. The van der Waals surface area contributed by atoms with Gasteiger partial charge in [-0.25, -0.2) is 0 Å². The van der Waals surface area contributed by atoms with Crippen LogP contribution < -0.4 is 5.32 Å². The van der Waals surface area contributed by atoms with Gasteiger partial charge in [0.15, 0.2) is 0 Å². The van der Waals surface area contributed by atoms with Gasteiger partial charge < -0.3 is 10.1 Å². The predicted octanol–water partition coefficient (Wildman–Crippen LogP) is 0.398. The molecule has 1 N–H and O–H groups in total. The Labute approximate surface area is 108 Å². The van der Waals surface area contributed by atoms with Gasteiger partial charge in [-0.15, -0.1) is 0 Å². The minimum atomic E-state index is -0.0229. The third-order valence-corrected chi connectivity index (χ3v) is 3.93. The average Bonchev–Trinajstić information content (AvgIpc) is 2.64. The van der Waals surface area contributed by atoms with E-state index in [1.165, 1.54) is 4.90 Å². The Bertz CT molecular complexity index is 295. The van der Waals surface area contributed by atoms with E-state index < -0.39 is 0 Å². The Morgan fingerprint density at radius 3 is 2.33 bits per heavy atom. The summed E-state index contributed by atoms with van der Waals surface area (Å²) in [5.41, 5.74) is 0. The molecule has 0 aromatic rings. The van der Waals surface area contributed by atoms with Gasteiger partial charge in [-0.05, 0) is 12.8 Å². The van der Waals surface area contributed by atoms with Crippen LogP contribution >= 0.6 is 0 Å². The summed E-state index contributed by atoms with van der Waals surface area (Å²) in [5.74, 6) is 0.0620. The van der Waals surface area contributed by atoms with Crippen molar-refractivity contribution in [3.05, 3.63) is 0 Å². The SMILES string of the molecule is COCCNCCN1C(=O)C2CCCCC2C1=O. The molecule has 1 aliphatic heterocycles. The van der Waals surface area contributed by atoms with Crippen molar-refractivity contribution in [2.75, 3.05) is 33.4 Å². The van der Waals surface area contributed by atoms with E-state index in [1.807, 2.05) is 0 Å². The van der Waals surface area contributed by atoms with Crippen LogP contribution in [0, 0.1) is 11.8 Å². The van der Waals surface area contributed by atoms with Crippen molar-refractivity contribution in [3.63, 3.8) is 0 Å². The van der Waals surface area contributed by atoms with Gasteiger partial charge in [-0.3, -0.25) is 14.5 Å². The average molecular weight is 254 g/mol. The highest BCUT2D eigenvalue weighted by Crippen LogP contribution is 2.37. The summed E-state index contributed by atoms with van der Waals surface area (Å²) in [6.45, 7) is 2.54. The van der Waals surface area contributed by atoms with Gasteiger partial charge in [0.25, 0.3) is 0 Å². The first-order valence-electron chi connectivity index (χ1n) is 6.80. The minimum Gasteiger partial charge on any atom is -0.383 e. The molecule has 5 nitrogen and oxygen atoms in total. The lowest BCUT2D eigenvalue weighted by Crippen LogP contribution is -2.37. The van der Waals surface area contributed by atoms with Crippen LogP contribution in [0.15, 0.2) is 0 Å². The van der Waals surface area contributed by atoms with Crippen LogP contribution in [0.5, 0.6) is 0 Å². The van der Waals surface area contributed by atoms with Crippen LogP contribution in [0.1, 0.15) is 25.7 Å². The number of likely N-dealkylation sites (tertiary alicyclic amines) is 1. The highest BCUT2D eigenvalue weighted by Gasteiger charge is 2.47. The fraction of sp³-hybridized carbons (Fsp3) is 0.846. The number of rotatable bonds is 6. The fourth-order valence-electron chi connectivity index (χ4n) is 2.94. The van der Waals surface area contributed by atoms with E-state index >= 15 is 0 Å². The topological polar surface area (TPSA) is 58.6 Å². The molecule has 0 bridgehead atoms. The zero-order chi connectivity index (χ0) is 13.0. The lowest BCUT2D eigenvalue weighted by molar-refractivity contribution is -0.139. The van der Waals surface area contributed by atoms with Crippen LogP contribution in [-0.2, 0) is 14.3 Å². The van der Waals surface area contributed by atoms with Gasteiger partial charge >= 0.3 is 0 Å². The third-order valence-electron chi connectivity index (χ3n) is 3.93. The van der Waals surface area contributed by atoms with Crippen LogP contribution in [0.25, 0.3) is 0 Å². The second kappa shape index (κ2) is 6.29. The van der Waals surface area contributed by atoms with E-state index in [9.17, 15) is 9.59 Å². The molecule has 18 heavy (non-hydrogen) atoms. The predicted molar refractivity (Wildman–Crippen MR) is 66.9 cm³/mol. The number of ether oxygens (including phenoxy) is 1. The minimum absolute atomic E-state index is 0.0229. The number of imide groups is 1. The van der Waals surface area contributed by atoms with Crippen LogP contribution in [0.4, 0.5) is 0 Å². The Morgan fingerprint density at radius 1 is 1.17 bits per heavy atom. The van der Waals surface area contributed by atoms with Crippen molar-refractivity contribution in [2.45, 2.75) is 25.7 Å². The van der Waals surface area contributed by atoms with E-state index in [2.05, 4.69) is 5.32 Å². The van der Waals surface area contributed by atoms with E-state index in [4.69, 9.17) is 4.74 Å². The Morgan fingerprint density at radius 2 is 1.78 bits per heavy atom. The molecule has 0 radical (unpaired) electrons. The van der Waals surface area contributed by atoms with Gasteiger partial charge in [0.1, 0.15) is 0 Å². The maximum Gasteiger partial charge on any atom is 0.233 e. The molecule has 2 unspecified atom stereocenters. The van der Waals surface area contributed by atoms with Gasteiger partial charge in [0.05, 0.1) is 18.4 Å². The number of amides is 2. The summed E-state index contributed by atoms with van der Waals surface area (Å²) in [4.78, 5) is 25.7. The normalized spacial score (nSPS) is 27.7. The molecule has 2 amide bonds. The molecule has 2 fully saturated rings. The molecule has 102 valence electrons. The summed E-state index contributed by atoms with van der Waals surface area (Å²) in [6, 6.07) is 0.